The SMILES string of the molecule is C[C@@H](NC(=O)Nc1cccc(C(F)(F)F)c1)[C@@H](O)c1ccccc1. The molecule has 24 heavy (non-hydrogen) atoms. The molecule has 0 unspecified atom stereocenters. The van der Waals surface area contributed by atoms with Gasteiger partial charge >= 0.3 is 12.2 Å². The van der Waals surface area contributed by atoms with Crippen molar-refractivity contribution in [3.8, 4) is 0 Å². The van der Waals surface area contributed by atoms with Gasteiger partial charge in [-0.25, -0.2) is 4.79 Å². The number of carbonyl (C=O) groups excluding carboxylic acids is 1. The van der Waals surface area contributed by atoms with E-state index in [-0.39, 0.29) is 5.69 Å². The highest BCUT2D eigenvalue weighted by Gasteiger charge is 2.30. The second-order valence-corrected chi connectivity index (χ2v) is 5.32. The van der Waals surface area contributed by atoms with Crippen molar-refractivity contribution >= 4 is 11.7 Å². The molecule has 0 aliphatic carbocycles. The molecule has 2 atom stereocenters. The fourth-order valence-corrected chi connectivity index (χ4v) is 2.17. The van der Waals surface area contributed by atoms with E-state index in [9.17, 15) is 23.1 Å². The Morgan fingerprint density at radius 3 is 2.38 bits per heavy atom. The maximum atomic E-state index is 12.6. The van der Waals surface area contributed by atoms with Gasteiger partial charge in [0.25, 0.3) is 0 Å². The van der Waals surface area contributed by atoms with Crippen molar-refractivity contribution in [2.24, 2.45) is 0 Å². The molecule has 2 aromatic carbocycles. The van der Waals surface area contributed by atoms with Gasteiger partial charge in [-0.05, 0) is 30.7 Å². The van der Waals surface area contributed by atoms with Crippen LogP contribution < -0.4 is 10.6 Å². The highest BCUT2D eigenvalue weighted by atomic mass is 19.4. The Morgan fingerprint density at radius 1 is 1.08 bits per heavy atom. The van der Waals surface area contributed by atoms with Crippen molar-refractivity contribution in [3.05, 3.63) is 65.7 Å². The van der Waals surface area contributed by atoms with Gasteiger partial charge in [-0.1, -0.05) is 36.4 Å². The minimum Gasteiger partial charge on any atom is -0.386 e. The quantitative estimate of drug-likeness (QED) is 0.790. The summed E-state index contributed by atoms with van der Waals surface area (Å²) in [6.45, 7) is 1.60. The fraction of sp³-hybridized carbons (Fsp3) is 0.235. The molecule has 128 valence electrons. The van der Waals surface area contributed by atoms with Crippen LogP contribution in [0.4, 0.5) is 23.7 Å². The highest BCUT2D eigenvalue weighted by molar-refractivity contribution is 5.89. The summed E-state index contributed by atoms with van der Waals surface area (Å²) in [5.41, 5.74) is -0.203. The predicted octanol–water partition coefficient (Wildman–Crippen LogP) is 3.95. The molecule has 2 amide bonds. The Bertz CT molecular complexity index is 690. The summed E-state index contributed by atoms with van der Waals surface area (Å²) in [5.74, 6) is 0. The minimum absolute atomic E-state index is 0.0173. The van der Waals surface area contributed by atoms with E-state index in [1.54, 1.807) is 37.3 Å². The lowest BCUT2D eigenvalue weighted by atomic mass is 10.0. The van der Waals surface area contributed by atoms with E-state index in [1.165, 1.54) is 12.1 Å². The summed E-state index contributed by atoms with van der Waals surface area (Å²) in [6.07, 6.45) is -5.41. The summed E-state index contributed by atoms with van der Waals surface area (Å²) in [4.78, 5) is 11.9. The van der Waals surface area contributed by atoms with Crippen molar-refractivity contribution in [1.29, 1.82) is 0 Å². The van der Waals surface area contributed by atoms with E-state index >= 15 is 0 Å². The van der Waals surface area contributed by atoms with Crippen LogP contribution >= 0.6 is 0 Å². The molecule has 0 aliphatic heterocycles. The molecule has 0 radical (unpaired) electrons. The third-order valence-corrected chi connectivity index (χ3v) is 3.42. The molecule has 0 aliphatic rings. The maximum absolute atomic E-state index is 12.6. The number of halogens is 3. The van der Waals surface area contributed by atoms with Crippen LogP contribution in [0.2, 0.25) is 0 Å². The normalized spacial score (nSPS) is 13.9. The smallest absolute Gasteiger partial charge is 0.386 e. The van der Waals surface area contributed by atoms with E-state index in [4.69, 9.17) is 0 Å². The van der Waals surface area contributed by atoms with Gasteiger partial charge in [-0.3, -0.25) is 0 Å². The lowest BCUT2D eigenvalue weighted by Gasteiger charge is -2.21. The molecule has 2 aromatic rings. The number of alkyl halides is 3. The molecule has 3 N–H and O–H groups in total. The molecule has 2 rings (SSSR count). The van der Waals surface area contributed by atoms with E-state index in [1.807, 2.05) is 0 Å². The van der Waals surface area contributed by atoms with Gasteiger partial charge in [0.15, 0.2) is 0 Å². The molecule has 0 fully saturated rings. The summed E-state index contributed by atoms with van der Waals surface area (Å²) in [6, 6.07) is 11.8. The summed E-state index contributed by atoms with van der Waals surface area (Å²) >= 11 is 0. The number of carbonyl (C=O) groups is 1. The van der Waals surface area contributed by atoms with Crippen LogP contribution in [0.15, 0.2) is 54.6 Å². The monoisotopic (exact) mass is 338 g/mol. The molecule has 0 saturated heterocycles. The lowest BCUT2D eigenvalue weighted by molar-refractivity contribution is -0.137. The van der Waals surface area contributed by atoms with Crippen molar-refractivity contribution in [1.82, 2.24) is 5.32 Å². The first-order valence-corrected chi connectivity index (χ1v) is 7.25. The van der Waals surface area contributed by atoms with Crippen LogP contribution in [0.5, 0.6) is 0 Å². The van der Waals surface area contributed by atoms with Gasteiger partial charge < -0.3 is 15.7 Å². The summed E-state index contributed by atoms with van der Waals surface area (Å²) in [5, 5.41) is 15.0. The Kier molecular flexibility index (Phi) is 5.46. The number of aliphatic hydroxyl groups is 1. The van der Waals surface area contributed by atoms with E-state index in [0.29, 0.717) is 5.56 Å². The van der Waals surface area contributed by atoms with Gasteiger partial charge in [0, 0.05) is 5.69 Å². The van der Waals surface area contributed by atoms with Crippen molar-refractivity contribution in [2.45, 2.75) is 25.2 Å². The number of nitrogens with one attached hydrogen (secondary N) is 2. The number of amides is 2. The van der Waals surface area contributed by atoms with Gasteiger partial charge in [0.1, 0.15) is 0 Å². The number of anilines is 1. The third kappa shape index (κ3) is 4.73. The van der Waals surface area contributed by atoms with Gasteiger partial charge in [0.05, 0.1) is 17.7 Å². The predicted molar refractivity (Wildman–Crippen MR) is 84.5 cm³/mol. The number of hydrogen-bond donors (Lipinski definition) is 3. The van der Waals surface area contributed by atoms with Crippen LogP contribution in [0.3, 0.4) is 0 Å². The number of rotatable bonds is 4. The van der Waals surface area contributed by atoms with Crippen molar-refractivity contribution in [2.75, 3.05) is 5.32 Å². The van der Waals surface area contributed by atoms with Crippen LogP contribution in [0.25, 0.3) is 0 Å². The number of benzene rings is 2. The first-order chi connectivity index (χ1) is 11.3. The highest BCUT2D eigenvalue weighted by Crippen LogP contribution is 2.30. The summed E-state index contributed by atoms with van der Waals surface area (Å²) < 4.78 is 37.9. The number of urea groups is 1. The largest absolute Gasteiger partial charge is 0.416 e. The molecule has 0 aromatic heterocycles. The Balaban J connectivity index is 1.98. The molecule has 7 heteroatoms. The average molecular weight is 338 g/mol. The lowest BCUT2D eigenvalue weighted by Crippen LogP contribution is -2.39. The standard InChI is InChI=1S/C17H17F3N2O2/c1-11(15(23)12-6-3-2-4-7-12)21-16(24)22-14-9-5-8-13(10-14)17(18,19)20/h2-11,15,23H,1H3,(H2,21,22,24)/t11-,15-/m1/s1. The topological polar surface area (TPSA) is 61.4 Å². The number of hydrogen-bond acceptors (Lipinski definition) is 2. The van der Waals surface area contributed by atoms with Crippen LogP contribution in [-0.4, -0.2) is 17.2 Å². The van der Waals surface area contributed by atoms with E-state index in [0.717, 1.165) is 12.1 Å². The molecular weight excluding hydrogens is 321 g/mol. The fourth-order valence-electron chi connectivity index (χ4n) is 2.17. The molecule has 0 spiro atoms. The maximum Gasteiger partial charge on any atom is 0.416 e. The zero-order valence-electron chi connectivity index (χ0n) is 12.8. The van der Waals surface area contributed by atoms with Crippen molar-refractivity contribution in [3.63, 3.8) is 0 Å². The average Bonchev–Trinajstić information content (AvgIpc) is 2.54. The Morgan fingerprint density at radius 2 is 1.75 bits per heavy atom. The van der Waals surface area contributed by atoms with Gasteiger partial charge in [-0.15, -0.1) is 0 Å². The van der Waals surface area contributed by atoms with Crippen LogP contribution in [0.1, 0.15) is 24.2 Å². The second-order valence-electron chi connectivity index (χ2n) is 5.32. The number of aliphatic hydroxyl groups excluding tert-OH is 1. The van der Waals surface area contributed by atoms with E-state index < -0.39 is 29.9 Å². The van der Waals surface area contributed by atoms with E-state index in [2.05, 4.69) is 10.6 Å². The Hall–Kier alpha value is -2.54. The molecule has 0 heterocycles. The van der Waals surface area contributed by atoms with Gasteiger partial charge in [0.2, 0.25) is 0 Å². The first kappa shape index (κ1) is 17.8. The minimum atomic E-state index is -4.48. The zero-order chi connectivity index (χ0) is 17.7. The third-order valence-electron chi connectivity index (χ3n) is 3.42. The second kappa shape index (κ2) is 7.35. The molecule has 4 nitrogen and oxygen atoms in total. The van der Waals surface area contributed by atoms with Crippen LogP contribution in [0, 0.1) is 0 Å². The Labute approximate surface area is 137 Å². The summed E-state index contributed by atoms with van der Waals surface area (Å²) in [7, 11) is 0. The van der Waals surface area contributed by atoms with Crippen molar-refractivity contribution < 1.29 is 23.1 Å². The zero-order valence-corrected chi connectivity index (χ0v) is 12.8. The molecular formula is C17H17F3N2O2. The molecule has 0 saturated carbocycles. The first-order valence-electron chi connectivity index (χ1n) is 7.25. The molecule has 0 bridgehead atoms. The van der Waals surface area contributed by atoms with Crippen LogP contribution in [-0.2, 0) is 6.18 Å². The van der Waals surface area contributed by atoms with Gasteiger partial charge in [-0.2, -0.15) is 13.2 Å².